The number of nitrogens with one attached hydrogen (secondary N) is 1. The lowest BCUT2D eigenvalue weighted by Gasteiger charge is -2.28. The third-order valence-corrected chi connectivity index (χ3v) is 4.22. The maximum atomic E-state index is 10.8. The average molecular weight is 315 g/mol. The highest BCUT2D eigenvalue weighted by Gasteiger charge is 2.25. The van der Waals surface area contributed by atoms with Crippen LogP contribution in [-0.4, -0.2) is 29.2 Å². The van der Waals surface area contributed by atoms with Crippen LogP contribution in [0.25, 0.3) is 0 Å². The molecule has 2 N–H and O–H groups in total. The molecule has 1 aliphatic rings. The highest BCUT2D eigenvalue weighted by atomic mass is 79.9. The van der Waals surface area contributed by atoms with Crippen LogP contribution in [0.4, 0.5) is 5.69 Å². The van der Waals surface area contributed by atoms with Gasteiger partial charge < -0.3 is 10.4 Å². The minimum atomic E-state index is -0.400. The highest BCUT2D eigenvalue weighted by molar-refractivity contribution is 9.10. The maximum Gasteiger partial charge on any atom is 0.283 e. The second-order valence-corrected chi connectivity index (χ2v) is 5.32. The van der Waals surface area contributed by atoms with Gasteiger partial charge in [-0.1, -0.05) is 12.1 Å². The Labute approximate surface area is 113 Å². The SMILES string of the molecule is O=[N+]([O-])c1cccc(CC2CNCCC2O)c1Br. The number of halogens is 1. The first-order valence-electron chi connectivity index (χ1n) is 5.90. The van der Waals surface area contributed by atoms with E-state index in [4.69, 9.17) is 0 Å². The predicted molar refractivity (Wildman–Crippen MR) is 71.5 cm³/mol. The summed E-state index contributed by atoms with van der Waals surface area (Å²) in [6.07, 6.45) is 1.03. The summed E-state index contributed by atoms with van der Waals surface area (Å²) >= 11 is 3.28. The van der Waals surface area contributed by atoms with Gasteiger partial charge in [0.1, 0.15) is 0 Å². The number of hydrogen-bond acceptors (Lipinski definition) is 4. The summed E-state index contributed by atoms with van der Waals surface area (Å²) in [7, 11) is 0. The number of nitro benzene ring substituents is 1. The molecule has 0 saturated carbocycles. The van der Waals surface area contributed by atoms with E-state index in [1.807, 2.05) is 6.07 Å². The Morgan fingerprint density at radius 1 is 1.56 bits per heavy atom. The zero-order valence-corrected chi connectivity index (χ0v) is 11.4. The fourth-order valence-corrected chi connectivity index (χ4v) is 2.84. The van der Waals surface area contributed by atoms with Crippen LogP contribution in [0.1, 0.15) is 12.0 Å². The Hall–Kier alpha value is -0.980. The first-order valence-corrected chi connectivity index (χ1v) is 6.69. The topological polar surface area (TPSA) is 75.4 Å². The Morgan fingerprint density at radius 3 is 3.00 bits per heavy atom. The molecule has 18 heavy (non-hydrogen) atoms. The van der Waals surface area contributed by atoms with E-state index in [0.717, 1.165) is 25.1 Å². The molecule has 1 aromatic carbocycles. The number of piperidine rings is 1. The monoisotopic (exact) mass is 314 g/mol. The van der Waals surface area contributed by atoms with Crippen LogP contribution in [0.15, 0.2) is 22.7 Å². The van der Waals surface area contributed by atoms with Crippen LogP contribution in [0.2, 0.25) is 0 Å². The summed E-state index contributed by atoms with van der Waals surface area (Å²) in [4.78, 5) is 10.4. The third kappa shape index (κ3) is 2.88. The first-order chi connectivity index (χ1) is 8.59. The van der Waals surface area contributed by atoms with Crippen LogP contribution in [0.3, 0.4) is 0 Å². The minimum absolute atomic E-state index is 0.0748. The normalized spacial score (nSPS) is 23.9. The second-order valence-electron chi connectivity index (χ2n) is 4.53. The molecule has 6 heteroatoms. The van der Waals surface area contributed by atoms with Gasteiger partial charge in [0.25, 0.3) is 5.69 Å². The van der Waals surface area contributed by atoms with E-state index < -0.39 is 4.92 Å². The van der Waals surface area contributed by atoms with E-state index >= 15 is 0 Å². The number of nitrogens with zero attached hydrogens (tertiary/aromatic N) is 1. The Bertz CT molecular complexity index is 453. The van der Waals surface area contributed by atoms with E-state index in [0.29, 0.717) is 10.9 Å². The van der Waals surface area contributed by atoms with Gasteiger partial charge in [0.05, 0.1) is 15.5 Å². The van der Waals surface area contributed by atoms with Crippen molar-refractivity contribution in [2.45, 2.75) is 18.9 Å². The molecule has 2 unspecified atom stereocenters. The standard InChI is InChI=1S/C12H15BrN2O3/c13-12-8(2-1-3-10(12)15(17)18)6-9-7-14-5-4-11(9)16/h1-3,9,11,14,16H,4-7H2. The lowest BCUT2D eigenvalue weighted by molar-refractivity contribution is -0.385. The summed E-state index contributed by atoms with van der Waals surface area (Å²) in [6.45, 7) is 1.57. The highest BCUT2D eigenvalue weighted by Crippen LogP contribution is 2.30. The van der Waals surface area contributed by atoms with Crippen molar-refractivity contribution in [1.29, 1.82) is 0 Å². The summed E-state index contributed by atoms with van der Waals surface area (Å²) in [5.41, 5.74) is 0.947. The molecule has 1 heterocycles. The zero-order chi connectivity index (χ0) is 13.1. The molecule has 1 aromatic rings. The lowest BCUT2D eigenvalue weighted by Crippen LogP contribution is -2.40. The van der Waals surface area contributed by atoms with Gasteiger partial charge in [0, 0.05) is 18.5 Å². The van der Waals surface area contributed by atoms with Gasteiger partial charge in [-0.25, -0.2) is 0 Å². The Kier molecular flexibility index (Phi) is 4.31. The van der Waals surface area contributed by atoms with Crippen LogP contribution in [0, 0.1) is 16.0 Å². The van der Waals surface area contributed by atoms with Gasteiger partial charge in [-0.3, -0.25) is 10.1 Å². The van der Waals surface area contributed by atoms with Crippen molar-refractivity contribution in [3.05, 3.63) is 38.3 Å². The lowest BCUT2D eigenvalue weighted by atomic mass is 9.89. The molecule has 5 nitrogen and oxygen atoms in total. The van der Waals surface area contributed by atoms with E-state index in [1.165, 1.54) is 6.07 Å². The van der Waals surface area contributed by atoms with Gasteiger partial charge in [0.15, 0.2) is 0 Å². The quantitative estimate of drug-likeness (QED) is 0.659. The largest absolute Gasteiger partial charge is 0.393 e. The summed E-state index contributed by atoms with van der Waals surface area (Å²) < 4.78 is 0.521. The summed E-state index contributed by atoms with van der Waals surface area (Å²) in [5, 5.41) is 24.0. The molecule has 0 radical (unpaired) electrons. The van der Waals surface area contributed by atoms with Gasteiger partial charge in [-0.2, -0.15) is 0 Å². The number of aliphatic hydroxyl groups is 1. The Balaban J connectivity index is 2.18. The number of nitro groups is 1. The molecular weight excluding hydrogens is 300 g/mol. The molecule has 0 bridgehead atoms. The predicted octanol–water partition coefficient (Wildman–Crippen LogP) is 1.87. The maximum absolute atomic E-state index is 10.8. The van der Waals surface area contributed by atoms with Crippen molar-refractivity contribution in [3.8, 4) is 0 Å². The molecule has 0 amide bonds. The molecule has 1 saturated heterocycles. The van der Waals surface area contributed by atoms with Crippen molar-refractivity contribution in [1.82, 2.24) is 5.32 Å². The van der Waals surface area contributed by atoms with Crippen LogP contribution >= 0.6 is 15.9 Å². The van der Waals surface area contributed by atoms with Gasteiger partial charge >= 0.3 is 0 Å². The van der Waals surface area contributed by atoms with Gasteiger partial charge in [0.2, 0.25) is 0 Å². The minimum Gasteiger partial charge on any atom is -0.393 e. The van der Waals surface area contributed by atoms with E-state index in [9.17, 15) is 15.2 Å². The molecule has 1 aliphatic heterocycles. The number of aliphatic hydroxyl groups excluding tert-OH is 1. The molecule has 2 atom stereocenters. The molecule has 0 aromatic heterocycles. The number of hydrogen-bond donors (Lipinski definition) is 2. The van der Waals surface area contributed by atoms with Crippen molar-refractivity contribution < 1.29 is 10.0 Å². The van der Waals surface area contributed by atoms with Crippen LogP contribution in [0.5, 0.6) is 0 Å². The molecule has 0 spiro atoms. The van der Waals surface area contributed by atoms with E-state index in [2.05, 4.69) is 21.2 Å². The molecule has 0 aliphatic carbocycles. The van der Waals surface area contributed by atoms with E-state index in [1.54, 1.807) is 6.07 Å². The molecule has 2 rings (SSSR count). The molecule has 98 valence electrons. The smallest absolute Gasteiger partial charge is 0.283 e. The zero-order valence-electron chi connectivity index (χ0n) is 9.80. The average Bonchev–Trinajstić information content (AvgIpc) is 2.34. The van der Waals surface area contributed by atoms with Gasteiger partial charge in [-0.15, -0.1) is 0 Å². The fraction of sp³-hybridized carbons (Fsp3) is 0.500. The number of benzene rings is 1. The molecular formula is C12H15BrN2O3. The van der Waals surface area contributed by atoms with Crippen molar-refractivity contribution in [2.75, 3.05) is 13.1 Å². The second kappa shape index (κ2) is 5.77. The van der Waals surface area contributed by atoms with E-state index in [-0.39, 0.29) is 17.7 Å². The first kappa shape index (κ1) is 13.5. The third-order valence-electron chi connectivity index (χ3n) is 3.30. The van der Waals surface area contributed by atoms with Gasteiger partial charge in [-0.05, 0) is 40.9 Å². The van der Waals surface area contributed by atoms with Crippen molar-refractivity contribution in [2.24, 2.45) is 5.92 Å². The summed E-state index contributed by atoms with van der Waals surface area (Å²) in [6, 6.07) is 5.02. The summed E-state index contributed by atoms with van der Waals surface area (Å²) in [5.74, 6) is 0.108. The van der Waals surface area contributed by atoms with Crippen molar-refractivity contribution in [3.63, 3.8) is 0 Å². The molecule has 1 fully saturated rings. The number of rotatable bonds is 3. The fourth-order valence-electron chi connectivity index (χ4n) is 2.26. The van der Waals surface area contributed by atoms with Crippen LogP contribution in [-0.2, 0) is 6.42 Å². The van der Waals surface area contributed by atoms with Crippen LogP contribution < -0.4 is 5.32 Å². The Morgan fingerprint density at radius 2 is 2.33 bits per heavy atom. The van der Waals surface area contributed by atoms with Crippen molar-refractivity contribution >= 4 is 21.6 Å².